The Balaban J connectivity index is -0.000000312. The first-order valence-corrected chi connectivity index (χ1v) is 9.84. The Hall–Kier alpha value is 0.0112. The summed E-state index contributed by atoms with van der Waals surface area (Å²) in [6.07, 6.45) is 8.33. The van der Waals surface area contributed by atoms with E-state index >= 15 is 0 Å². The van der Waals surface area contributed by atoms with Gasteiger partial charge in [-0.2, -0.15) is 6.08 Å². The van der Waals surface area contributed by atoms with E-state index in [0.717, 1.165) is 12.0 Å². The zero-order valence-corrected chi connectivity index (χ0v) is 17.6. The summed E-state index contributed by atoms with van der Waals surface area (Å²) >= 11 is 0. The number of rotatable bonds is 1. The van der Waals surface area contributed by atoms with Crippen LogP contribution in [0.4, 0.5) is 0 Å². The Morgan fingerprint density at radius 2 is 1.62 bits per heavy atom. The minimum atomic E-state index is -1.26. The van der Waals surface area contributed by atoms with E-state index < -0.39 is 8.07 Å². The Morgan fingerprint density at radius 3 is 1.90 bits per heavy atom. The van der Waals surface area contributed by atoms with Gasteiger partial charge in [0.2, 0.25) is 0 Å². The molecule has 118 valence electrons. The molecule has 0 atom stereocenters. The molecular formula is C16H25Cl2OSiTi-. The second kappa shape index (κ2) is 11.6. The number of aromatic hydroxyl groups is 1. The van der Waals surface area contributed by atoms with Crippen LogP contribution in [0.15, 0.2) is 35.9 Å². The molecular weight excluding hydrogens is 355 g/mol. The van der Waals surface area contributed by atoms with Crippen LogP contribution in [0.1, 0.15) is 18.9 Å². The Kier molecular flexibility index (Phi) is 14.3. The van der Waals surface area contributed by atoms with Gasteiger partial charge in [0.05, 0.1) is 8.07 Å². The van der Waals surface area contributed by atoms with E-state index in [0.29, 0.717) is 5.75 Å². The molecule has 1 aromatic rings. The fourth-order valence-corrected chi connectivity index (χ4v) is 2.95. The fourth-order valence-electron chi connectivity index (χ4n) is 1.71. The number of allylic oxidation sites excluding steroid dienone is 4. The average molecular weight is 380 g/mol. The maximum absolute atomic E-state index is 9.38. The van der Waals surface area contributed by atoms with Crippen LogP contribution in [0.5, 0.6) is 5.75 Å². The van der Waals surface area contributed by atoms with Crippen molar-refractivity contribution in [3.05, 3.63) is 47.6 Å². The largest absolute Gasteiger partial charge is 0.508 e. The van der Waals surface area contributed by atoms with E-state index in [2.05, 4.69) is 50.9 Å². The standard InChI is InChI=1S/C10H16OSi.C6H7.2ClH.Ti/c1-8-5-9(11)7-10(6-8)12(2,3)4;1-6-4-2-3-5-6;;;/h5-7,11H,1-4H3;2,4H,3H2,1H3;2*1H;/q;-1;;;. The third-order valence-corrected chi connectivity index (χ3v) is 4.82. The van der Waals surface area contributed by atoms with Gasteiger partial charge in [0, 0.05) is 21.7 Å². The molecule has 0 saturated carbocycles. The minimum Gasteiger partial charge on any atom is -0.508 e. The number of aryl methyl sites for hydroxylation is 1. The normalized spacial score (nSPS) is 12.0. The summed E-state index contributed by atoms with van der Waals surface area (Å²) in [5.41, 5.74) is 2.42. The molecule has 0 spiro atoms. The molecule has 5 heteroatoms. The van der Waals surface area contributed by atoms with Crippen molar-refractivity contribution < 1.29 is 26.8 Å². The van der Waals surface area contributed by atoms with Crippen molar-refractivity contribution in [3.8, 4) is 5.75 Å². The molecule has 0 heterocycles. The van der Waals surface area contributed by atoms with Gasteiger partial charge in [0.25, 0.3) is 0 Å². The van der Waals surface area contributed by atoms with Crippen LogP contribution in [0, 0.1) is 13.0 Å². The topological polar surface area (TPSA) is 20.2 Å². The molecule has 1 nitrogen and oxygen atoms in total. The van der Waals surface area contributed by atoms with Crippen LogP contribution in [0.3, 0.4) is 0 Å². The monoisotopic (exact) mass is 379 g/mol. The van der Waals surface area contributed by atoms with Gasteiger partial charge in [-0.3, -0.25) is 6.08 Å². The molecule has 0 radical (unpaired) electrons. The maximum atomic E-state index is 9.38. The van der Waals surface area contributed by atoms with E-state index in [1.807, 2.05) is 13.0 Å². The van der Waals surface area contributed by atoms with Gasteiger partial charge in [0.1, 0.15) is 5.75 Å². The summed E-state index contributed by atoms with van der Waals surface area (Å²) in [6.45, 7) is 10.9. The number of benzene rings is 1. The van der Waals surface area contributed by atoms with Crippen LogP contribution >= 0.6 is 24.8 Å². The SMILES string of the molecule is CC1=[C-]CC=C1.Cc1cc(O)cc([Si](C)(C)C)c1.Cl.Cl.[Ti]. The summed E-state index contributed by atoms with van der Waals surface area (Å²) in [5, 5.41) is 10.7. The van der Waals surface area contributed by atoms with Crippen LogP contribution in [0.25, 0.3) is 0 Å². The average Bonchev–Trinajstić information content (AvgIpc) is 2.67. The van der Waals surface area contributed by atoms with Gasteiger partial charge < -0.3 is 5.11 Å². The fraction of sp³-hybridized carbons (Fsp3) is 0.375. The van der Waals surface area contributed by atoms with Crippen molar-refractivity contribution in [1.82, 2.24) is 0 Å². The maximum Gasteiger partial charge on any atom is 0.115 e. The van der Waals surface area contributed by atoms with E-state index in [9.17, 15) is 5.11 Å². The summed E-state index contributed by atoms with van der Waals surface area (Å²) in [6, 6.07) is 5.86. The van der Waals surface area contributed by atoms with Gasteiger partial charge in [-0.05, 0) is 24.6 Å². The summed E-state index contributed by atoms with van der Waals surface area (Å²) in [7, 11) is -1.26. The van der Waals surface area contributed by atoms with Gasteiger partial charge in [-0.25, -0.2) is 11.6 Å². The number of hydrogen-bond donors (Lipinski definition) is 1. The van der Waals surface area contributed by atoms with E-state index in [4.69, 9.17) is 0 Å². The van der Waals surface area contributed by atoms with Crippen LogP contribution in [-0.4, -0.2) is 13.2 Å². The van der Waals surface area contributed by atoms with Crippen LogP contribution in [-0.2, 0) is 21.7 Å². The smallest absolute Gasteiger partial charge is 0.115 e. The quantitative estimate of drug-likeness (QED) is 0.549. The number of hydrogen-bond acceptors (Lipinski definition) is 1. The Bertz CT molecular complexity index is 457. The zero-order valence-electron chi connectivity index (χ0n) is 13.4. The Labute approximate surface area is 157 Å². The number of phenols is 1. The van der Waals surface area contributed by atoms with Gasteiger partial charge in [-0.15, -0.1) is 31.2 Å². The third-order valence-electron chi connectivity index (χ3n) is 2.79. The predicted molar refractivity (Wildman–Crippen MR) is 96.5 cm³/mol. The molecule has 1 aromatic carbocycles. The van der Waals surface area contributed by atoms with Crippen molar-refractivity contribution >= 4 is 38.1 Å². The molecule has 0 fully saturated rings. The number of halogens is 2. The van der Waals surface area contributed by atoms with Gasteiger partial charge >= 0.3 is 0 Å². The molecule has 0 aromatic heterocycles. The molecule has 0 aliphatic heterocycles. The van der Waals surface area contributed by atoms with Crippen LogP contribution < -0.4 is 5.19 Å². The van der Waals surface area contributed by atoms with E-state index in [-0.39, 0.29) is 46.5 Å². The molecule has 0 saturated heterocycles. The third kappa shape index (κ3) is 10.4. The summed E-state index contributed by atoms with van der Waals surface area (Å²) in [4.78, 5) is 0. The van der Waals surface area contributed by atoms with Crippen molar-refractivity contribution in [3.63, 3.8) is 0 Å². The number of phenolic OH excluding ortho intramolecular Hbond substituents is 1. The molecule has 1 aliphatic carbocycles. The van der Waals surface area contributed by atoms with Crippen molar-refractivity contribution in [1.29, 1.82) is 0 Å². The van der Waals surface area contributed by atoms with Crippen molar-refractivity contribution in [2.45, 2.75) is 39.9 Å². The first kappa shape index (κ1) is 25.9. The molecule has 21 heavy (non-hydrogen) atoms. The molecule has 0 bridgehead atoms. The molecule has 1 aliphatic rings. The van der Waals surface area contributed by atoms with Gasteiger partial charge in [0.15, 0.2) is 0 Å². The predicted octanol–water partition coefficient (Wildman–Crippen LogP) is 4.78. The molecule has 2 rings (SSSR count). The second-order valence-electron chi connectivity index (χ2n) is 5.77. The summed E-state index contributed by atoms with van der Waals surface area (Å²) < 4.78 is 0. The van der Waals surface area contributed by atoms with E-state index in [1.165, 1.54) is 10.8 Å². The van der Waals surface area contributed by atoms with Gasteiger partial charge in [-0.1, -0.05) is 37.8 Å². The molecule has 1 N–H and O–H groups in total. The Morgan fingerprint density at radius 1 is 1.05 bits per heavy atom. The first-order valence-electron chi connectivity index (χ1n) is 6.34. The van der Waals surface area contributed by atoms with Crippen molar-refractivity contribution in [2.75, 3.05) is 0 Å². The summed E-state index contributed by atoms with van der Waals surface area (Å²) in [5.74, 6) is 0.396. The molecule has 0 amide bonds. The van der Waals surface area contributed by atoms with Crippen LogP contribution in [0.2, 0.25) is 19.6 Å². The first-order chi connectivity index (χ1) is 8.29. The minimum absolute atomic E-state index is 0. The second-order valence-corrected chi connectivity index (χ2v) is 10.9. The van der Waals surface area contributed by atoms with Crippen molar-refractivity contribution in [2.24, 2.45) is 0 Å². The van der Waals surface area contributed by atoms with E-state index in [1.54, 1.807) is 6.07 Å². The molecule has 0 unspecified atom stereocenters. The zero-order chi connectivity index (χ0) is 13.8.